The van der Waals surface area contributed by atoms with Crippen LogP contribution >= 0.6 is 11.3 Å². The van der Waals surface area contributed by atoms with Gasteiger partial charge in [0, 0.05) is 11.3 Å². The fraction of sp³-hybridized carbons (Fsp3) is 0.696. The van der Waals surface area contributed by atoms with E-state index in [1.807, 2.05) is 13.8 Å². The predicted molar refractivity (Wildman–Crippen MR) is 117 cm³/mol. The van der Waals surface area contributed by atoms with Crippen molar-refractivity contribution >= 4 is 34.2 Å². The third-order valence-electron chi connectivity index (χ3n) is 5.86. The summed E-state index contributed by atoms with van der Waals surface area (Å²) in [6.07, 6.45) is 8.53. The lowest BCUT2D eigenvalue weighted by Gasteiger charge is -2.20. The van der Waals surface area contributed by atoms with Crippen molar-refractivity contribution in [1.29, 1.82) is 0 Å². The Morgan fingerprint density at radius 1 is 1.13 bits per heavy atom. The molecule has 1 N–H and O–H groups in total. The second-order valence-corrected chi connectivity index (χ2v) is 10.0. The van der Waals surface area contributed by atoms with Crippen LogP contribution in [-0.2, 0) is 31.9 Å². The van der Waals surface area contributed by atoms with Crippen molar-refractivity contribution < 1.29 is 23.9 Å². The molecule has 0 spiro atoms. The van der Waals surface area contributed by atoms with Gasteiger partial charge < -0.3 is 14.8 Å². The van der Waals surface area contributed by atoms with Crippen LogP contribution in [0.25, 0.3) is 0 Å². The van der Waals surface area contributed by atoms with E-state index >= 15 is 0 Å². The number of anilines is 1. The van der Waals surface area contributed by atoms with E-state index in [4.69, 9.17) is 9.47 Å². The second kappa shape index (κ2) is 10.4. The lowest BCUT2D eigenvalue weighted by molar-refractivity contribution is -0.148. The molecule has 1 unspecified atom stereocenters. The van der Waals surface area contributed by atoms with Gasteiger partial charge in [-0.1, -0.05) is 26.2 Å². The summed E-state index contributed by atoms with van der Waals surface area (Å²) in [4.78, 5) is 38.4. The lowest BCUT2D eigenvalue weighted by atomic mass is 9.87. The normalized spacial score (nSPS) is 19.3. The summed E-state index contributed by atoms with van der Waals surface area (Å²) in [5, 5.41) is 3.30. The number of thiophene rings is 1. The van der Waals surface area contributed by atoms with Crippen LogP contribution in [-0.4, -0.2) is 30.6 Å². The molecule has 1 saturated carbocycles. The van der Waals surface area contributed by atoms with Gasteiger partial charge in [-0.3, -0.25) is 9.59 Å². The first kappa shape index (κ1) is 22.8. The molecular formula is C23H33NO5S. The van der Waals surface area contributed by atoms with Crippen molar-refractivity contribution in [1.82, 2.24) is 0 Å². The molecule has 1 heterocycles. The van der Waals surface area contributed by atoms with Gasteiger partial charge in [0.1, 0.15) is 5.00 Å². The molecule has 1 amide bonds. The second-order valence-electron chi connectivity index (χ2n) is 8.93. The number of rotatable bonds is 7. The zero-order chi connectivity index (χ0) is 21.7. The van der Waals surface area contributed by atoms with Gasteiger partial charge in [-0.2, -0.15) is 0 Å². The Morgan fingerprint density at radius 3 is 2.57 bits per heavy atom. The number of amides is 1. The molecule has 1 fully saturated rings. The van der Waals surface area contributed by atoms with Crippen molar-refractivity contribution in [3.8, 4) is 0 Å². The number of hydrogen-bond donors (Lipinski definition) is 1. The van der Waals surface area contributed by atoms with Crippen molar-refractivity contribution in [3.05, 3.63) is 16.0 Å². The van der Waals surface area contributed by atoms with Gasteiger partial charge in [0.15, 0.2) is 6.61 Å². The minimum absolute atomic E-state index is 0.236. The minimum atomic E-state index is -0.419. The first-order chi connectivity index (χ1) is 14.3. The van der Waals surface area contributed by atoms with Crippen molar-refractivity contribution in [3.63, 3.8) is 0 Å². The molecule has 6 nitrogen and oxygen atoms in total. The van der Waals surface area contributed by atoms with Gasteiger partial charge in [-0.05, 0) is 63.4 Å². The molecule has 0 aliphatic heterocycles. The van der Waals surface area contributed by atoms with Gasteiger partial charge in [-0.15, -0.1) is 11.3 Å². The van der Waals surface area contributed by atoms with E-state index in [2.05, 4.69) is 12.2 Å². The highest BCUT2D eigenvalue weighted by Gasteiger charge is 2.30. The number of fused-ring (bicyclic) bond motifs is 1. The van der Waals surface area contributed by atoms with E-state index in [0.29, 0.717) is 28.8 Å². The van der Waals surface area contributed by atoms with E-state index in [1.165, 1.54) is 17.8 Å². The fourth-order valence-electron chi connectivity index (χ4n) is 4.32. The molecular weight excluding hydrogens is 402 g/mol. The summed E-state index contributed by atoms with van der Waals surface area (Å²) in [5.41, 5.74) is 1.46. The van der Waals surface area contributed by atoms with Gasteiger partial charge in [0.25, 0.3) is 5.91 Å². The van der Waals surface area contributed by atoms with Crippen molar-refractivity contribution in [2.75, 3.05) is 11.9 Å². The first-order valence-corrected chi connectivity index (χ1v) is 12.0. The summed E-state index contributed by atoms with van der Waals surface area (Å²) in [6.45, 7) is 5.48. The van der Waals surface area contributed by atoms with Crippen LogP contribution in [0.2, 0.25) is 0 Å². The fourth-order valence-corrected chi connectivity index (χ4v) is 5.74. The number of ether oxygens (including phenoxy) is 2. The van der Waals surface area contributed by atoms with Gasteiger partial charge in [-0.25, -0.2) is 4.79 Å². The Hall–Kier alpha value is -1.89. The molecule has 0 radical (unpaired) electrons. The van der Waals surface area contributed by atoms with E-state index in [0.717, 1.165) is 55.4 Å². The maximum Gasteiger partial charge on any atom is 0.341 e. The van der Waals surface area contributed by atoms with Crippen LogP contribution in [0, 0.1) is 11.8 Å². The molecule has 1 atom stereocenters. The Kier molecular flexibility index (Phi) is 7.92. The molecule has 1 aromatic heterocycles. The van der Waals surface area contributed by atoms with E-state index in [-0.39, 0.29) is 18.7 Å². The smallest absolute Gasteiger partial charge is 0.341 e. The maximum absolute atomic E-state index is 12.7. The zero-order valence-corrected chi connectivity index (χ0v) is 19.1. The molecule has 1 aromatic rings. The molecule has 166 valence electrons. The first-order valence-electron chi connectivity index (χ1n) is 11.1. The van der Waals surface area contributed by atoms with Crippen LogP contribution in [0.3, 0.4) is 0 Å². The predicted octanol–water partition coefficient (Wildman–Crippen LogP) is 4.89. The van der Waals surface area contributed by atoms with Gasteiger partial charge in [0.05, 0.1) is 11.7 Å². The molecule has 0 bridgehead atoms. The average molecular weight is 436 g/mol. The molecule has 3 rings (SSSR count). The lowest BCUT2D eigenvalue weighted by Crippen LogP contribution is -2.23. The maximum atomic E-state index is 12.7. The van der Waals surface area contributed by atoms with Gasteiger partial charge >= 0.3 is 11.9 Å². The molecule has 7 heteroatoms. The summed E-state index contributed by atoms with van der Waals surface area (Å²) in [6, 6.07) is 0. The monoisotopic (exact) mass is 435 g/mol. The third kappa shape index (κ3) is 6.06. The number of carbonyl (C=O) groups is 3. The third-order valence-corrected chi connectivity index (χ3v) is 7.03. The minimum Gasteiger partial charge on any atom is -0.459 e. The summed E-state index contributed by atoms with van der Waals surface area (Å²) in [5.74, 6) is -0.221. The Bertz CT molecular complexity index is 779. The standard InChI is InChI=1S/C23H33NO5S/c1-14(2)29-23(27)21-17-10-9-15(3)11-18(17)30-22(21)24-19(25)13-28-20(26)12-16-7-5-4-6-8-16/h14-16H,4-13H2,1-3H3,(H,24,25). The van der Waals surface area contributed by atoms with Crippen molar-refractivity contribution in [2.24, 2.45) is 11.8 Å². The van der Waals surface area contributed by atoms with Crippen molar-refractivity contribution in [2.45, 2.75) is 84.7 Å². The average Bonchev–Trinajstić information content (AvgIpc) is 3.03. The van der Waals surface area contributed by atoms with Crippen LogP contribution < -0.4 is 5.32 Å². The molecule has 30 heavy (non-hydrogen) atoms. The number of hydrogen-bond acceptors (Lipinski definition) is 6. The van der Waals surface area contributed by atoms with E-state index in [1.54, 1.807) is 0 Å². The zero-order valence-electron chi connectivity index (χ0n) is 18.3. The molecule has 2 aliphatic rings. The number of esters is 2. The van der Waals surface area contributed by atoms with Crippen LogP contribution in [0.5, 0.6) is 0 Å². The summed E-state index contributed by atoms with van der Waals surface area (Å²) in [7, 11) is 0. The highest BCUT2D eigenvalue weighted by Crippen LogP contribution is 2.40. The molecule has 0 saturated heterocycles. The topological polar surface area (TPSA) is 81.7 Å². The Morgan fingerprint density at radius 2 is 1.87 bits per heavy atom. The summed E-state index contributed by atoms with van der Waals surface area (Å²) < 4.78 is 10.6. The summed E-state index contributed by atoms with van der Waals surface area (Å²) >= 11 is 1.44. The highest BCUT2D eigenvalue weighted by atomic mass is 32.1. The number of nitrogens with one attached hydrogen (secondary N) is 1. The molecule has 0 aromatic carbocycles. The Balaban J connectivity index is 1.62. The van der Waals surface area contributed by atoms with E-state index in [9.17, 15) is 14.4 Å². The van der Waals surface area contributed by atoms with Crippen LogP contribution in [0.4, 0.5) is 5.00 Å². The SMILES string of the molecule is CC1CCc2c(sc(NC(=O)COC(=O)CC3CCCCC3)c2C(=O)OC(C)C)C1. The molecule has 2 aliphatic carbocycles. The van der Waals surface area contributed by atoms with Crippen LogP contribution in [0.15, 0.2) is 0 Å². The Labute approximate surface area is 182 Å². The largest absolute Gasteiger partial charge is 0.459 e. The van der Waals surface area contributed by atoms with Gasteiger partial charge in [0.2, 0.25) is 0 Å². The quantitative estimate of drug-likeness (QED) is 0.617. The van der Waals surface area contributed by atoms with Crippen LogP contribution in [0.1, 0.15) is 86.5 Å². The van der Waals surface area contributed by atoms with E-state index < -0.39 is 11.9 Å². The highest BCUT2D eigenvalue weighted by molar-refractivity contribution is 7.17. The number of carbonyl (C=O) groups excluding carboxylic acids is 3.